The maximum absolute atomic E-state index is 12.9. The number of rotatable bonds is 18. The number of halogens is 1. The van der Waals surface area contributed by atoms with Gasteiger partial charge in [-0.1, -0.05) is 126 Å². The van der Waals surface area contributed by atoms with Crippen molar-refractivity contribution < 1.29 is 14.3 Å². The summed E-state index contributed by atoms with van der Waals surface area (Å²) in [4.78, 5) is 12.9. The zero-order chi connectivity index (χ0) is 31.0. The molecule has 1 fully saturated rings. The number of esters is 1. The molecule has 238 valence electrons. The monoisotopic (exact) mass is 616 g/mol. The zero-order valence-electron chi connectivity index (χ0n) is 27.1. The van der Waals surface area contributed by atoms with Crippen LogP contribution in [0.2, 0.25) is 5.02 Å². The van der Waals surface area contributed by atoms with E-state index in [0.717, 1.165) is 35.8 Å². The second kappa shape index (κ2) is 18.9. The van der Waals surface area contributed by atoms with Crippen LogP contribution in [-0.2, 0) is 0 Å². The van der Waals surface area contributed by atoms with Gasteiger partial charge in [-0.3, -0.25) is 0 Å². The third-order valence-electron chi connectivity index (χ3n) is 9.26. The lowest BCUT2D eigenvalue weighted by Crippen LogP contribution is -2.14. The van der Waals surface area contributed by atoms with Gasteiger partial charge >= 0.3 is 5.97 Å². The van der Waals surface area contributed by atoms with E-state index >= 15 is 0 Å². The molecule has 0 aliphatic heterocycles. The lowest BCUT2D eigenvalue weighted by atomic mass is 9.77. The van der Waals surface area contributed by atoms with Crippen LogP contribution >= 0.6 is 11.6 Å². The zero-order valence-corrected chi connectivity index (χ0v) is 27.9. The van der Waals surface area contributed by atoms with Gasteiger partial charge in [0.05, 0.1) is 12.2 Å². The van der Waals surface area contributed by atoms with Gasteiger partial charge in [-0.15, -0.1) is 0 Å². The van der Waals surface area contributed by atoms with E-state index in [2.05, 4.69) is 26.0 Å². The Morgan fingerprint density at radius 1 is 0.682 bits per heavy atom. The lowest BCUT2D eigenvalue weighted by Gasteiger charge is -2.29. The predicted molar refractivity (Wildman–Crippen MR) is 185 cm³/mol. The first-order valence-corrected chi connectivity index (χ1v) is 17.8. The van der Waals surface area contributed by atoms with Gasteiger partial charge in [0.1, 0.15) is 11.5 Å². The maximum Gasteiger partial charge on any atom is 0.343 e. The Balaban J connectivity index is 1.21. The SMILES string of the molecule is CCCCCCCCCOc1ccc(-c2ccc(OC(=O)c3ccc(C4CCC(CCCCCC)CC4)c(Cl)c3)cc2)cc1. The molecule has 4 heteroatoms. The van der Waals surface area contributed by atoms with E-state index in [1.165, 1.54) is 102 Å². The Morgan fingerprint density at radius 3 is 1.86 bits per heavy atom. The molecule has 1 aliphatic carbocycles. The summed E-state index contributed by atoms with van der Waals surface area (Å²) in [5, 5.41) is 0.677. The summed E-state index contributed by atoms with van der Waals surface area (Å²) in [6.45, 7) is 5.29. The number of hydrogen-bond donors (Lipinski definition) is 0. The Labute approximate surface area is 271 Å². The van der Waals surface area contributed by atoms with Crippen molar-refractivity contribution in [2.24, 2.45) is 5.92 Å². The second-order valence-corrected chi connectivity index (χ2v) is 13.1. The Hall–Kier alpha value is -2.78. The van der Waals surface area contributed by atoms with Crippen LogP contribution in [-0.4, -0.2) is 12.6 Å². The van der Waals surface area contributed by atoms with Gasteiger partial charge in [0, 0.05) is 5.02 Å². The highest BCUT2D eigenvalue weighted by molar-refractivity contribution is 6.31. The molecule has 0 bridgehead atoms. The normalized spacial score (nSPS) is 16.5. The van der Waals surface area contributed by atoms with Gasteiger partial charge < -0.3 is 9.47 Å². The summed E-state index contributed by atoms with van der Waals surface area (Å²) >= 11 is 6.71. The largest absolute Gasteiger partial charge is 0.494 e. The van der Waals surface area contributed by atoms with Crippen molar-refractivity contribution in [2.45, 2.75) is 122 Å². The van der Waals surface area contributed by atoms with Crippen molar-refractivity contribution in [2.75, 3.05) is 6.61 Å². The van der Waals surface area contributed by atoms with Crippen molar-refractivity contribution in [3.63, 3.8) is 0 Å². The summed E-state index contributed by atoms with van der Waals surface area (Å²) in [7, 11) is 0. The van der Waals surface area contributed by atoms with Crippen LogP contribution in [0.15, 0.2) is 66.7 Å². The molecular formula is C40H53ClO3. The van der Waals surface area contributed by atoms with Gasteiger partial charge in [0.2, 0.25) is 0 Å². The number of carbonyl (C=O) groups is 1. The summed E-state index contributed by atoms with van der Waals surface area (Å²) in [5.74, 6) is 2.38. The molecule has 0 amide bonds. The minimum atomic E-state index is -0.385. The van der Waals surface area contributed by atoms with Crippen LogP contribution in [0.1, 0.15) is 138 Å². The van der Waals surface area contributed by atoms with Crippen molar-refractivity contribution in [1.29, 1.82) is 0 Å². The molecule has 3 aromatic carbocycles. The number of ether oxygens (including phenoxy) is 2. The molecule has 0 heterocycles. The number of hydrogen-bond acceptors (Lipinski definition) is 3. The number of unbranched alkanes of at least 4 members (excludes halogenated alkanes) is 9. The fourth-order valence-corrected chi connectivity index (χ4v) is 6.82. The molecule has 44 heavy (non-hydrogen) atoms. The van der Waals surface area contributed by atoms with Crippen molar-refractivity contribution in [3.05, 3.63) is 82.9 Å². The standard InChI is InChI=1S/C40H53ClO3/c1-3-5-7-9-10-11-13-29-43-36-24-19-32(20-25-36)33-21-26-37(27-22-33)44-40(42)35-23-28-38(39(41)30-35)34-17-15-31(16-18-34)14-12-8-6-4-2/h19-28,30-31,34H,3-18,29H2,1-2H3. The molecule has 4 rings (SSSR count). The molecule has 0 radical (unpaired) electrons. The van der Waals surface area contributed by atoms with E-state index in [4.69, 9.17) is 21.1 Å². The van der Waals surface area contributed by atoms with Gasteiger partial charge in [0.15, 0.2) is 0 Å². The van der Waals surface area contributed by atoms with Gasteiger partial charge in [-0.25, -0.2) is 4.79 Å². The Bertz CT molecular complexity index is 1240. The molecule has 1 aliphatic rings. The molecule has 0 atom stereocenters. The summed E-state index contributed by atoms with van der Waals surface area (Å²) < 4.78 is 11.6. The highest BCUT2D eigenvalue weighted by Crippen LogP contribution is 2.40. The van der Waals surface area contributed by atoms with Crippen LogP contribution in [0.3, 0.4) is 0 Å². The first-order valence-electron chi connectivity index (χ1n) is 17.4. The minimum absolute atomic E-state index is 0.385. The maximum atomic E-state index is 12.9. The third-order valence-corrected chi connectivity index (χ3v) is 9.59. The first kappa shape index (κ1) is 34.1. The number of benzene rings is 3. The van der Waals surface area contributed by atoms with E-state index in [1.807, 2.05) is 48.5 Å². The molecule has 3 nitrogen and oxygen atoms in total. The molecule has 0 unspecified atom stereocenters. The minimum Gasteiger partial charge on any atom is -0.494 e. The summed E-state index contributed by atoms with van der Waals surface area (Å²) in [6, 6.07) is 21.5. The molecule has 1 saturated carbocycles. The molecule has 0 N–H and O–H groups in total. The first-order chi connectivity index (χ1) is 21.6. The summed E-state index contributed by atoms with van der Waals surface area (Å²) in [6.07, 6.45) is 20.7. The Morgan fingerprint density at radius 2 is 1.25 bits per heavy atom. The van der Waals surface area contributed by atoms with Crippen molar-refractivity contribution in [3.8, 4) is 22.6 Å². The molecular weight excluding hydrogens is 564 g/mol. The van der Waals surface area contributed by atoms with E-state index in [1.54, 1.807) is 6.07 Å². The average Bonchev–Trinajstić information content (AvgIpc) is 3.05. The van der Waals surface area contributed by atoms with Crippen molar-refractivity contribution >= 4 is 17.6 Å². The fraction of sp³-hybridized carbons (Fsp3) is 0.525. The van der Waals surface area contributed by atoms with Crippen LogP contribution in [0.4, 0.5) is 0 Å². The molecule has 0 aromatic heterocycles. The Kier molecular flexibility index (Phi) is 14.6. The topological polar surface area (TPSA) is 35.5 Å². The van der Waals surface area contributed by atoms with Gasteiger partial charge in [-0.2, -0.15) is 0 Å². The predicted octanol–water partition coefficient (Wildman–Crippen LogP) is 12.6. The molecule has 0 spiro atoms. The fourth-order valence-electron chi connectivity index (χ4n) is 6.48. The van der Waals surface area contributed by atoms with E-state index in [9.17, 15) is 4.79 Å². The van der Waals surface area contributed by atoms with E-state index < -0.39 is 0 Å². The van der Waals surface area contributed by atoms with Crippen LogP contribution in [0.5, 0.6) is 11.5 Å². The number of carbonyl (C=O) groups excluding carboxylic acids is 1. The summed E-state index contributed by atoms with van der Waals surface area (Å²) in [5.41, 5.74) is 3.82. The van der Waals surface area contributed by atoms with Crippen molar-refractivity contribution in [1.82, 2.24) is 0 Å². The van der Waals surface area contributed by atoms with E-state index in [-0.39, 0.29) is 5.97 Å². The smallest absolute Gasteiger partial charge is 0.343 e. The van der Waals surface area contributed by atoms with Gasteiger partial charge in [-0.05, 0) is 97.0 Å². The second-order valence-electron chi connectivity index (χ2n) is 12.7. The van der Waals surface area contributed by atoms with Gasteiger partial charge in [0.25, 0.3) is 0 Å². The lowest BCUT2D eigenvalue weighted by molar-refractivity contribution is 0.0734. The van der Waals surface area contributed by atoms with Crippen LogP contribution < -0.4 is 9.47 Å². The molecule has 0 saturated heterocycles. The average molecular weight is 617 g/mol. The third kappa shape index (κ3) is 11.0. The highest BCUT2D eigenvalue weighted by Gasteiger charge is 2.24. The highest BCUT2D eigenvalue weighted by atomic mass is 35.5. The molecule has 3 aromatic rings. The van der Waals surface area contributed by atoms with Crippen LogP contribution in [0.25, 0.3) is 11.1 Å². The van der Waals surface area contributed by atoms with E-state index in [0.29, 0.717) is 22.3 Å². The van der Waals surface area contributed by atoms with Crippen LogP contribution in [0, 0.1) is 5.92 Å². The quantitative estimate of drug-likeness (QED) is 0.0810.